The normalized spacial score (nSPS) is 10.3. The molecule has 2 rings (SSSR count). The second kappa shape index (κ2) is 7.64. The quantitative estimate of drug-likeness (QED) is 0.500. The molecule has 1 N–H and O–H groups in total. The summed E-state index contributed by atoms with van der Waals surface area (Å²) in [7, 11) is 1.25. The SMILES string of the molecule is CN(CC(=O)Nc1ccc(F)c(F)c1F)C(=O)c1cccc([N+](=O)[O-])c1. The molecule has 0 bridgehead atoms. The topological polar surface area (TPSA) is 92.6 Å². The Morgan fingerprint density at radius 1 is 1.15 bits per heavy atom. The van der Waals surface area contributed by atoms with Crippen LogP contribution in [0.25, 0.3) is 0 Å². The molecule has 2 aromatic rings. The predicted molar refractivity (Wildman–Crippen MR) is 85.0 cm³/mol. The number of benzene rings is 2. The fourth-order valence-electron chi connectivity index (χ4n) is 2.07. The zero-order chi connectivity index (χ0) is 19.4. The number of hydrogen-bond donors (Lipinski definition) is 1. The number of rotatable bonds is 5. The van der Waals surface area contributed by atoms with Crippen LogP contribution < -0.4 is 5.32 Å². The summed E-state index contributed by atoms with van der Waals surface area (Å²) in [6.45, 7) is -0.542. The zero-order valence-electron chi connectivity index (χ0n) is 13.3. The lowest BCUT2D eigenvalue weighted by atomic mass is 10.2. The molecule has 0 saturated heterocycles. The molecule has 10 heteroatoms. The van der Waals surface area contributed by atoms with Crippen LogP contribution in [-0.4, -0.2) is 35.2 Å². The number of anilines is 1. The van der Waals surface area contributed by atoms with Crippen molar-refractivity contribution in [1.29, 1.82) is 0 Å². The number of nitro benzene ring substituents is 1. The smallest absolute Gasteiger partial charge is 0.270 e. The van der Waals surface area contributed by atoms with E-state index >= 15 is 0 Å². The van der Waals surface area contributed by atoms with E-state index in [0.29, 0.717) is 6.07 Å². The van der Waals surface area contributed by atoms with Crippen molar-refractivity contribution in [3.63, 3.8) is 0 Å². The fraction of sp³-hybridized carbons (Fsp3) is 0.125. The minimum absolute atomic E-state index is 0.0199. The van der Waals surface area contributed by atoms with Crippen molar-refractivity contribution in [2.24, 2.45) is 0 Å². The van der Waals surface area contributed by atoms with E-state index in [2.05, 4.69) is 0 Å². The molecule has 0 spiro atoms. The first kappa shape index (κ1) is 18.9. The monoisotopic (exact) mass is 367 g/mol. The number of carbonyl (C=O) groups is 2. The number of nitrogens with one attached hydrogen (secondary N) is 1. The van der Waals surface area contributed by atoms with Gasteiger partial charge in [-0.1, -0.05) is 6.07 Å². The number of amides is 2. The Bertz CT molecular complexity index is 889. The number of hydrogen-bond acceptors (Lipinski definition) is 4. The summed E-state index contributed by atoms with van der Waals surface area (Å²) in [6, 6.07) is 6.38. The average Bonchev–Trinajstić information content (AvgIpc) is 2.61. The third-order valence-corrected chi connectivity index (χ3v) is 3.34. The van der Waals surface area contributed by atoms with E-state index < -0.39 is 46.4 Å². The van der Waals surface area contributed by atoms with Gasteiger partial charge >= 0.3 is 0 Å². The molecule has 0 unspecified atom stereocenters. The van der Waals surface area contributed by atoms with Gasteiger partial charge < -0.3 is 10.2 Å². The molecule has 0 atom stereocenters. The van der Waals surface area contributed by atoms with Crippen molar-refractivity contribution in [3.05, 3.63) is 69.5 Å². The van der Waals surface area contributed by atoms with Crippen LogP contribution >= 0.6 is 0 Å². The van der Waals surface area contributed by atoms with Gasteiger partial charge in [0, 0.05) is 24.7 Å². The van der Waals surface area contributed by atoms with Gasteiger partial charge in [-0.3, -0.25) is 19.7 Å². The van der Waals surface area contributed by atoms with Crippen LogP contribution in [0.3, 0.4) is 0 Å². The summed E-state index contributed by atoms with van der Waals surface area (Å²) in [4.78, 5) is 35.1. The van der Waals surface area contributed by atoms with E-state index in [0.717, 1.165) is 17.0 Å². The van der Waals surface area contributed by atoms with Crippen molar-refractivity contribution in [2.45, 2.75) is 0 Å². The Balaban J connectivity index is 2.07. The van der Waals surface area contributed by atoms with Gasteiger partial charge in [0.2, 0.25) is 5.91 Å². The molecule has 7 nitrogen and oxygen atoms in total. The van der Waals surface area contributed by atoms with Crippen molar-refractivity contribution in [3.8, 4) is 0 Å². The summed E-state index contributed by atoms with van der Waals surface area (Å²) in [6.07, 6.45) is 0. The maximum Gasteiger partial charge on any atom is 0.270 e. The summed E-state index contributed by atoms with van der Waals surface area (Å²) in [5.74, 6) is -6.25. The Labute approximate surface area is 145 Å². The van der Waals surface area contributed by atoms with Crippen LogP contribution in [0.4, 0.5) is 24.5 Å². The van der Waals surface area contributed by atoms with Gasteiger partial charge in [0.25, 0.3) is 11.6 Å². The first-order valence-corrected chi connectivity index (χ1v) is 7.14. The van der Waals surface area contributed by atoms with Crippen molar-refractivity contribution >= 4 is 23.2 Å². The summed E-state index contributed by atoms with van der Waals surface area (Å²) >= 11 is 0. The minimum Gasteiger partial charge on any atom is -0.332 e. The summed E-state index contributed by atoms with van der Waals surface area (Å²) < 4.78 is 39.5. The highest BCUT2D eigenvalue weighted by molar-refractivity contribution is 5.99. The summed E-state index contributed by atoms with van der Waals surface area (Å²) in [5, 5.41) is 12.8. The molecule has 2 amide bonds. The third-order valence-electron chi connectivity index (χ3n) is 3.34. The largest absolute Gasteiger partial charge is 0.332 e. The molecule has 136 valence electrons. The van der Waals surface area contributed by atoms with Crippen LogP contribution in [0.1, 0.15) is 10.4 Å². The standard InChI is InChI=1S/C16H12F3N3O4/c1-21(16(24)9-3-2-4-10(7-9)22(25)26)8-13(23)20-12-6-5-11(17)14(18)15(12)19/h2-7H,8H2,1H3,(H,20,23). The molecule has 0 fully saturated rings. The van der Waals surface area contributed by atoms with Gasteiger partial charge in [0.1, 0.15) is 0 Å². The van der Waals surface area contributed by atoms with Crippen LogP contribution in [0.5, 0.6) is 0 Å². The fourth-order valence-corrected chi connectivity index (χ4v) is 2.07. The molecule has 0 aromatic heterocycles. The van der Waals surface area contributed by atoms with Crippen LogP contribution in [0.15, 0.2) is 36.4 Å². The van der Waals surface area contributed by atoms with Gasteiger partial charge in [0.15, 0.2) is 17.5 Å². The molecule has 0 saturated carbocycles. The number of likely N-dealkylation sites (N-methyl/N-ethyl adjacent to an activating group) is 1. The second-order valence-corrected chi connectivity index (χ2v) is 5.24. The lowest BCUT2D eigenvalue weighted by Gasteiger charge is -2.17. The van der Waals surface area contributed by atoms with Gasteiger partial charge in [0.05, 0.1) is 17.2 Å². The molecular formula is C16H12F3N3O4. The highest BCUT2D eigenvalue weighted by Crippen LogP contribution is 2.19. The number of non-ortho nitro benzene ring substituents is 1. The molecular weight excluding hydrogens is 355 g/mol. The van der Waals surface area contributed by atoms with E-state index in [1.807, 2.05) is 5.32 Å². The van der Waals surface area contributed by atoms with E-state index in [1.54, 1.807) is 0 Å². The van der Waals surface area contributed by atoms with Gasteiger partial charge in [-0.15, -0.1) is 0 Å². The predicted octanol–water partition coefficient (Wildman–Crippen LogP) is 2.72. The molecule has 0 aliphatic heterocycles. The van der Waals surface area contributed by atoms with Crippen molar-refractivity contribution in [1.82, 2.24) is 4.90 Å². The molecule has 0 heterocycles. The zero-order valence-corrected chi connectivity index (χ0v) is 13.3. The number of carbonyl (C=O) groups excluding carboxylic acids is 2. The maximum absolute atomic E-state index is 13.5. The van der Waals surface area contributed by atoms with Gasteiger partial charge in [-0.2, -0.15) is 0 Å². The lowest BCUT2D eigenvalue weighted by Crippen LogP contribution is -2.35. The van der Waals surface area contributed by atoms with Crippen LogP contribution in [-0.2, 0) is 4.79 Å². The minimum atomic E-state index is -1.73. The van der Waals surface area contributed by atoms with Crippen LogP contribution in [0.2, 0.25) is 0 Å². The first-order valence-electron chi connectivity index (χ1n) is 7.14. The van der Waals surface area contributed by atoms with Gasteiger partial charge in [-0.25, -0.2) is 13.2 Å². The highest BCUT2D eigenvalue weighted by Gasteiger charge is 2.19. The Morgan fingerprint density at radius 3 is 2.50 bits per heavy atom. The third kappa shape index (κ3) is 4.15. The molecule has 0 aliphatic rings. The van der Waals surface area contributed by atoms with E-state index in [4.69, 9.17) is 0 Å². The Morgan fingerprint density at radius 2 is 1.85 bits per heavy atom. The van der Waals surface area contributed by atoms with Crippen molar-refractivity contribution in [2.75, 3.05) is 18.9 Å². The van der Waals surface area contributed by atoms with Gasteiger partial charge in [-0.05, 0) is 18.2 Å². The number of nitrogens with zero attached hydrogens (tertiary/aromatic N) is 2. The number of halogens is 3. The maximum atomic E-state index is 13.5. The van der Waals surface area contributed by atoms with E-state index in [-0.39, 0.29) is 11.3 Å². The van der Waals surface area contributed by atoms with Crippen LogP contribution in [0, 0.1) is 27.6 Å². The molecule has 26 heavy (non-hydrogen) atoms. The molecule has 0 radical (unpaired) electrons. The number of nitro groups is 1. The lowest BCUT2D eigenvalue weighted by molar-refractivity contribution is -0.384. The second-order valence-electron chi connectivity index (χ2n) is 5.24. The summed E-state index contributed by atoms with van der Waals surface area (Å²) in [5.41, 5.74) is -0.892. The van der Waals surface area contributed by atoms with E-state index in [1.165, 1.54) is 25.2 Å². The highest BCUT2D eigenvalue weighted by atomic mass is 19.2. The van der Waals surface area contributed by atoms with Crippen molar-refractivity contribution < 1.29 is 27.7 Å². The molecule has 2 aromatic carbocycles. The Kier molecular flexibility index (Phi) is 5.55. The Hall–Kier alpha value is -3.43. The van der Waals surface area contributed by atoms with E-state index in [9.17, 15) is 32.9 Å². The first-order chi connectivity index (χ1) is 12.2. The average molecular weight is 367 g/mol. The molecule has 0 aliphatic carbocycles.